The first-order chi connectivity index (χ1) is 15.4. The Bertz CT molecular complexity index is 1170. The van der Waals surface area contributed by atoms with Crippen molar-refractivity contribution in [3.05, 3.63) is 75.6 Å². The van der Waals surface area contributed by atoms with Crippen molar-refractivity contribution in [3.8, 4) is 0 Å². The quantitative estimate of drug-likeness (QED) is 0.283. The lowest BCUT2D eigenvalue weighted by Gasteiger charge is -2.32. The van der Waals surface area contributed by atoms with E-state index in [0.717, 1.165) is 11.3 Å². The summed E-state index contributed by atoms with van der Waals surface area (Å²) in [7, 11) is 0. The zero-order valence-electron chi connectivity index (χ0n) is 18.4. The van der Waals surface area contributed by atoms with Gasteiger partial charge in [-0.15, -0.1) is 11.3 Å². The SMILES string of the molecule is CC(C)(C)NC(=O)C1=CC=CC(C(=O)O)(c2sccc2C(=O)Nc2ccc(C(=N)N)cc2)N1. The van der Waals surface area contributed by atoms with E-state index in [1.165, 1.54) is 24.3 Å². The van der Waals surface area contributed by atoms with Gasteiger partial charge in [-0.05, 0) is 68.6 Å². The number of anilines is 1. The highest BCUT2D eigenvalue weighted by atomic mass is 32.1. The second-order valence-corrected chi connectivity index (χ2v) is 9.41. The number of carboxylic acids is 1. The van der Waals surface area contributed by atoms with Gasteiger partial charge in [0.2, 0.25) is 0 Å². The molecule has 1 aromatic heterocycles. The van der Waals surface area contributed by atoms with E-state index in [2.05, 4.69) is 16.0 Å². The van der Waals surface area contributed by atoms with Gasteiger partial charge >= 0.3 is 5.97 Å². The van der Waals surface area contributed by atoms with Gasteiger partial charge in [-0.1, -0.05) is 6.08 Å². The van der Waals surface area contributed by atoms with E-state index in [1.807, 2.05) is 20.8 Å². The lowest BCUT2D eigenvalue weighted by atomic mass is 9.90. The second kappa shape index (κ2) is 8.91. The molecule has 33 heavy (non-hydrogen) atoms. The van der Waals surface area contributed by atoms with Gasteiger partial charge in [0.15, 0.2) is 5.54 Å². The third-order valence-electron chi connectivity index (χ3n) is 4.73. The number of carbonyl (C=O) groups excluding carboxylic acids is 2. The molecule has 172 valence electrons. The number of thiophene rings is 1. The number of hydrogen-bond donors (Lipinski definition) is 6. The van der Waals surface area contributed by atoms with Crippen LogP contribution in [0.4, 0.5) is 5.69 Å². The van der Waals surface area contributed by atoms with Gasteiger partial charge in [0.1, 0.15) is 11.5 Å². The maximum atomic E-state index is 13.0. The van der Waals surface area contributed by atoms with Gasteiger partial charge in [-0.25, -0.2) is 4.79 Å². The second-order valence-electron chi connectivity index (χ2n) is 8.49. The lowest BCUT2D eigenvalue weighted by Crippen LogP contribution is -2.53. The van der Waals surface area contributed by atoms with Crippen molar-refractivity contribution in [1.29, 1.82) is 5.41 Å². The molecule has 2 amide bonds. The number of hydrogen-bond acceptors (Lipinski definition) is 6. The number of amides is 2. The number of nitrogens with two attached hydrogens (primary N) is 1. The predicted octanol–water partition coefficient (Wildman–Crippen LogP) is 2.52. The van der Waals surface area contributed by atoms with E-state index >= 15 is 0 Å². The van der Waals surface area contributed by atoms with Crippen LogP contribution >= 0.6 is 11.3 Å². The highest BCUT2D eigenvalue weighted by Crippen LogP contribution is 2.35. The number of nitrogen functional groups attached to an aromatic ring is 1. The molecule has 0 bridgehead atoms. The lowest BCUT2D eigenvalue weighted by molar-refractivity contribution is -0.142. The molecule has 1 aliphatic rings. The van der Waals surface area contributed by atoms with Crippen molar-refractivity contribution < 1.29 is 19.5 Å². The molecule has 1 aliphatic heterocycles. The van der Waals surface area contributed by atoms with Crippen LogP contribution in [0.3, 0.4) is 0 Å². The van der Waals surface area contributed by atoms with Crippen molar-refractivity contribution in [2.24, 2.45) is 5.73 Å². The van der Waals surface area contributed by atoms with Gasteiger partial charge in [0.25, 0.3) is 11.8 Å². The zero-order chi connectivity index (χ0) is 24.4. The average Bonchev–Trinajstić information content (AvgIpc) is 3.23. The summed E-state index contributed by atoms with van der Waals surface area (Å²) in [6, 6.07) is 7.93. The Morgan fingerprint density at radius 2 is 1.79 bits per heavy atom. The molecule has 1 unspecified atom stereocenters. The first-order valence-corrected chi connectivity index (χ1v) is 10.9. The predicted molar refractivity (Wildman–Crippen MR) is 127 cm³/mol. The number of aliphatic carboxylic acids is 1. The molecule has 3 rings (SSSR count). The molecule has 10 heteroatoms. The van der Waals surface area contributed by atoms with Crippen LogP contribution in [0.25, 0.3) is 0 Å². The van der Waals surface area contributed by atoms with E-state index in [1.54, 1.807) is 29.6 Å². The third kappa shape index (κ3) is 5.12. The summed E-state index contributed by atoms with van der Waals surface area (Å²) in [6.07, 6.45) is 4.39. The highest BCUT2D eigenvalue weighted by molar-refractivity contribution is 7.10. The number of rotatable bonds is 6. The smallest absolute Gasteiger partial charge is 0.339 e. The molecule has 9 nitrogen and oxygen atoms in total. The Kier molecular flexibility index (Phi) is 6.41. The topological polar surface area (TPSA) is 157 Å². The van der Waals surface area contributed by atoms with Crippen LogP contribution in [0.2, 0.25) is 0 Å². The maximum absolute atomic E-state index is 13.0. The number of allylic oxidation sites excluding steroid dienone is 2. The molecule has 0 saturated heterocycles. The molecule has 0 aliphatic carbocycles. The highest BCUT2D eigenvalue weighted by Gasteiger charge is 2.44. The third-order valence-corrected chi connectivity index (χ3v) is 5.78. The fourth-order valence-corrected chi connectivity index (χ4v) is 4.22. The Morgan fingerprint density at radius 3 is 2.36 bits per heavy atom. The molecule has 0 fully saturated rings. The number of carbonyl (C=O) groups is 3. The van der Waals surface area contributed by atoms with Crippen molar-refractivity contribution in [1.82, 2.24) is 10.6 Å². The Labute approximate surface area is 194 Å². The van der Waals surface area contributed by atoms with Crippen LogP contribution in [-0.4, -0.2) is 34.3 Å². The fourth-order valence-electron chi connectivity index (χ4n) is 3.20. The first-order valence-electron chi connectivity index (χ1n) is 10.0. The summed E-state index contributed by atoms with van der Waals surface area (Å²) >= 11 is 1.10. The Balaban J connectivity index is 1.90. The molecule has 0 saturated carbocycles. The molecular weight excluding hydrogens is 442 g/mol. The first kappa shape index (κ1) is 23.7. The molecule has 7 N–H and O–H groups in total. The van der Waals surface area contributed by atoms with Crippen molar-refractivity contribution in [2.75, 3.05) is 5.32 Å². The number of nitrogens with one attached hydrogen (secondary N) is 4. The van der Waals surface area contributed by atoms with Crippen molar-refractivity contribution in [3.63, 3.8) is 0 Å². The van der Waals surface area contributed by atoms with E-state index in [9.17, 15) is 19.5 Å². The molecular formula is C23H25N5O4S. The summed E-state index contributed by atoms with van der Waals surface area (Å²) < 4.78 is 0. The van der Waals surface area contributed by atoms with E-state index < -0.39 is 28.9 Å². The van der Waals surface area contributed by atoms with Gasteiger partial charge in [-0.3, -0.25) is 15.0 Å². The largest absolute Gasteiger partial charge is 0.479 e. The summed E-state index contributed by atoms with van der Waals surface area (Å²) in [5.74, 6) is -2.31. The van der Waals surface area contributed by atoms with E-state index in [4.69, 9.17) is 11.1 Å². The normalized spacial score (nSPS) is 17.5. The Morgan fingerprint density at radius 1 is 1.12 bits per heavy atom. The number of dihydropyridines is 1. The standard InChI is InChI=1S/C23H25N5O4S/c1-22(2,3)28-20(30)16-5-4-11-23(27-16,21(31)32)17-15(10-12-33-17)19(29)26-14-8-6-13(7-9-14)18(24)25/h4-12,27H,1-3H3,(H3,24,25)(H,26,29)(H,28,30)(H,31,32). The van der Waals surface area contributed by atoms with Gasteiger partial charge in [-0.2, -0.15) is 0 Å². The van der Waals surface area contributed by atoms with Crippen LogP contribution in [0.1, 0.15) is 41.6 Å². The van der Waals surface area contributed by atoms with Crippen LogP contribution in [0, 0.1) is 5.41 Å². The molecule has 1 atom stereocenters. The molecule has 2 aromatic rings. The Hall–Kier alpha value is -3.92. The van der Waals surface area contributed by atoms with Crippen molar-refractivity contribution >= 4 is 40.6 Å². The minimum absolute atomic E-state index is 0.0782. The summed E-state index contributed by atoms with van der Waals surface area (Å²) in [6.45, 7) is 5.46. The summed E-state index contributed by atoms with van der Waals surface area (Å²) in [5.41, 5.74) is 4.35. The molecule has 1 aromatic carbocycles. The van der Waals surface area contributed by atoms with Crippen LogP contribution < -0.4 is 21.7 Å². The van der Waals surface area contributed by atoms with Gasteiger partial charge < -0.3 is 26.8 Å². The number of amidine groups is 1. The molecule has 0 spiro atoms. The van der Waals surface area contributed by atoms with Crippen LogP contribution in [0.15, 0.2) is 59.6 Å². The van der Waals surface area contributed by atoms with E-state index in [-0.39, 0.29) is 22.0 Å². The van der Waals surface area contributed by atoms with Gasteiger partial charge in [0.05, 0.1) is 10.4 Å². The minimum Gasteiger partial charge on any atom is -0.479 e. The zero-order valence-corrected chi connectivity index (χ0v) is 19.2. The van der Waals surface area contributed by atoms with E-state index in [0.29, 0.717) is 11.3 Å². The minimum atomic E-state index is -1.79. The summed E-state index contributed by atoms with van der Waals surface area (Å²) in [5, 5.41) is 27.6. The number of benzene rings is 1. The maximum Gasteiger partial charge on any atom is 0.339 e. The molecule has 2 heterocycles. The average molecular weight is 468 g/mol. The van der Waals surface area contributed by atoms with Gasteiger partial charge in [0, 0.05) is 16.8 Å². The van der Waals surface area contributed by atoms with Crippen LogP contribution in [0.5, 0.6) is 0 Å². The number of carboxylic acid groups (broad SMARTS) is 1. The van der Waals surface area contributed by atoms with Crippen LogP contribution in [-0.2, 0) is 15.1 Å². The molecule has 0 radical (unpaired) electrons. The van der Waals surface area contributed by atoms with Crippen molar-refractivity contribution in [2.45, 2.75) is 31.8 Å². The monoisotopic (exact) mass is 467 g/mol. The fraction of sp³-hybridized carbons (Fsp3) is 0.217. The summed E-state index contributed by atoms with van der Waals surface area (Å²) in [4.78, 5) is 38.3.